The zero-order valence-electron chi connectivity index (χ0n) is 11.1. The number of rotatable bonds is 3. The summed E-state index contributed by atoms with van der Waals surface area (Å²) in [6.07, 6.45) is 0. The van der Waals surface area contributed by atoms with E-state index in [0.29, 0.717) is 21.3 Å². The monoisotopic (exact) mass is 338 g/mol. The van der Waals surface area contributed by atoms with Gasteiger partial charge in [-0.3, -0.25) is 4.79 Å². The Bertz CT molecular complexity index is 701. The van der Waals surface area contributed by atoms with E-state index >= 15 is 0 Å². The van der Waals surface area contributed by atoms with Gasteiger partial charge < -0.3 is 10.6 Å². The molecule has 0 atom stereocenters. The van der Waals surface area contributed by atoms with Gasteiger partial charge in [0.15, 0.2) is 0 Å². The van der Waals surface area contributed by atoms with E-state index in [-0.39, 0.29) is 10.9 Å². The fourth-order valence-electron chi connectivity index (χ4n) is 1.82. The molecule has 2 aromatic rings. The first-order valence-electron chi connectivity index (χ1n) is 6.03. The molecule has 6 heteroatoms. The molecule has 0 aliphatic carbocycles. The zero-order chi connectivity index (χ0) is 15.6. The second kappa shape index (κ2) is 6.43. The third kappa shape index (κ3) is 3.35. The van der Waals surface area contributed by atoms with Gasteiger partial charge in [0.05, 0.1) is 15.6 Å². The Kier molecular flexibility index (Phi) is 4.83. The van der Waals surface area contributed by atoms with Crippen LogP contribution in [-0.4, -0.2) is 17.9 Å². The fourth-order valence-corrected chi connectivity index (χ4v) is 2.33. The number of carbonyl (C=O) groups is 1. The highest BCUT2D eigenvalue weighted by atomic mass is 35.5. The average molecular weight is 339 g/mol. The smallest absolute Gasteiger partial charge is 0.259 e. The van der Waals surface area contributed by atoms with Gasteiger partial charge >= 0.3 is 0 Å². The molecule has 2 aromatic carbocycles. The van der Waals surface area contributed by atoms with Crippen molar-refractivity contribution in [2.75, 3.05) is 11.9 Å². The van der Waals surface area contributed by atoms with Gasteiger partial charge in [-0.15, -0.1) is 0 Å². The number of hydrogen-bond acceptors (Lipinski definition) is 2. The summed E-state index contributed by atoms with van der Waals surface area (Å²) in [5.74, 6) is -0.245. The Labute approximate surface area is 138 Å². The van der Waals surface area contributed by atoms with Gasteiger partial charge in [-0.2, -0.15) is 0 Å². The predicted molar refractivity (Wildman–Crippen MR) is 91.5 cm³/mol. The van der Waals surface area contributed by atoms with E-state index in [4.69, 9.17) is 41.2 Å². The molecule has 0 saturated carbocycles. The lowest BCUT2D eigenvalue weighted by molar-refractivity contribution is 0.0993. The van der Waals surface area contributed by atoms with Crippen LogP contribution in [0.15, 0.2) is 42.5 Å². The normalized spacial score (nSPS) is 10.2. The Balaban J connectivity index is 2.30. The molecule has 0 heterocycles. The number of nitrogens with zero attached hydrogens (tertiary/aromatic N) is 1. The van der Waals surface area contributed by atoms with Crippen molar-refractivity contribution >= 4 is 52.0 Å². The van der Waals surface area contributed by atoms with Crippen LogP contribution in [0.4, 0.5) is 5.69 Å². The van der Waals surface area contributed by atoms with Crippen molar-refractivity contribution in [2.45, 2.75) is 0 Å². The van der Waals surface area contributed by atoms with Crippen molar-refractivity contribution in [3.63, 3.8) is 0 Å². The molecule has 0 spiro atoms. The largest absolute Gasteiger partial charge is 0.389 e. The summed E-state index contributed by atoms with van der Waals surface area (Å²) in [6.45, 7) is 0. The Morgan fingerprint density at radius 1 is 1.14 bits per heavy atom. The number of anilines is 1. The third-order valence-electron chi connectivity index (χ3n) is 3.03. The Morgan fingerprint density at radius 2 is 1.76 bits per heavy atom. The van der Waals surface area contributed by atoms with Crippen LogP contribution in [0.25, 0.3) is 0 Å². The Morgan fingerprint density at radius 3 is 2.33 bits per heavy atom. The number of hydrogen-bond donors (Lipinski definition) is 1. The highest BCUT2D eigenvalue weighted by molar-refractivity contribution is 7.80. The second-order valence-electron chi connectivity index (χ2n) is 4.38. The number of halogens is 2. The molecule has 0 bridgehead atoms. The van der Waals surface area contributed by atoms with E-state index in [2.05, 4.69) is 0 Å². The quantitative estimate of drug-likeness (QED) is 0.863. The summed E-state index contributed by atoms with van der Waals surface area (Å²) in [5, 5.41) is 0.593. The molecule has 2 N–H and O–H groups in total. The van der Waals surface area contributed by atoms with Crippen LogP contribution in [0, 0.1) is 0 Å². The molecular weight excluding hydrogens is 327 g/mol. The lowest BCUT2D eigenvalue weighted by Gasteiger charge is -2.18. The lowest BCUT2D eigenvalue weighted by Crippen LogP contribution is -2.26. The van der Waals surface area contributed by atoms with E-state index in [1.807, 2.05) is 0 Å². The molecule has 0 aliphatic rings. The van der Waals surface area contributed by atoms with Gasteiger partial charge in [0.1, 0.15) is 4.99 Å². The van der Waals surface area contributed by atoms with Gasteiger partial charge in [0, 0.05) is 18.3 Å². The topological polar surface area (TPSA) is 46.3 Å². The highest BCUT2D eigenvalue weighted by Gasteiger charge is 2.18. The number of thiocarbonyl (C=S) groups is 1. The van der Waals surface area contributed by atoms with E-state index in [9.17, 15) is 4.79 Å². The standard InChI is InChI=1S/C15H12Cl2N2OS/c1-19(10-7-5-9(6-8-10)14(18)21)15(20)11-3-2-4-12(16)13(11)17/h2-8H,1H3,(H2,18,21). The second-order valence-corrected chi connectivity index (χ2v) is 5.60. The van der Waals surface area contributed by atoms with Crippen LogP contribution in [0.5, 0.6) is 0 Å². The molecule has 21 heavy (non-hydrogen) atoms. The first-order valence-corrected chi connectivity index (χ1v) is 7.20. The highest BCUT2D eigenvalue weighted by Crippen LogP contribution is 2.27. The van der Waals surface area contributed by atoms with E-state index in [1.54, 1.807) is 49.5 Å². The summed E-state index contributed by atoms with van der Waals surface area (Å²) in [4.78, 5) is 14.3. The van der Waals surface area contributed by atoms with Crippen molar-refractivity contribution in [3.8, 4) is 0 Å². The molecule has 0 unspecified atom stereocenters. The molecule has 1 amide bonds. The van der Waals surface area contributed by atoms with Gasteiger partial charge in [-0.1, -0.05) is 41.5 Å². The zero-order valence-corrected chi connectivity index (χ0v) is 13.5. The molecular formula is C15H12Cl2N2OS. The Hall–Kier alpha value is -1.62. The summed E-state index contributed by atoms with van der Waals surface area (Å²) < 4.78 is 0. The summed E-state index contributed by atoms with van der Waals surface area (Å²) >= 11 is 16.9. The van der Waals surface area contributed by atoms with Gasteiger partial charge in [0.25, 0.3) is 5.91 Å². The van der Waals surface area contributed by atoms with Crippen molar-refractivity contribution in [1.29, 1.82) is 0 Å². The number of carbonyl (C=O) groups excluding carboxylic acids is 1. The third-order valence-corrected chi connectivity index (χ3v) is 4.08. The molecule has 0 saturated heterocycles. The van der Waals surface area contributed by atoms with Crippen LogP contribution in [-0.2, 0) is 0 Å². The molecule has 3 nitrogen and oxygen atoms in total. The lowest BCUT2D eigenvalue weighted by atomic mass is 10.1. The maximum Gasteiger partial charge on any atom is 0.259 e. The maximum absolute atomic E-state index is 12.5. The van der Waals surface area contributed by atoms with Crippen LogP contribution in [0.3, 0.4) is 0 Å². The van der Waals surface area contributed by atoms with Crippen molar-refractivity contribution in [1.82, 2.24) is 0 Å². The molecule has 0 fully saturated rings. The van der Waals surface area contributed by atoms with Gasteiger partial charge in [0.2, 0.25) is 0 Å². The summed E-state index contributed by atoms with van der Waals surface area (Å²) in [6, 6.07) is 12.0. The van der Waals surface area contributed by atoms with Crippen LogP contribution in [0.2, 0.25) is 10.0 Å². The van der Waals surface area contributed by atoms with Crippen LogP contribution >= 0.6 is 35.4 Å². The van der Waals surface area contributed by atoms with E-state index in [0.717, 1.165) is 5.56 Å². The number of amides is 1. The number of nitrogens with two attached hydrogens (primary N) is 1. The van der Waals surface area contributed by atoms with E-state index in [1.165, 1.54) is 4.90 Å². The molecule has 108 valence electrons. The molecule has 2 rings (SSSR count). The maximum atomic E-state index is 12.5. The average Bonchev–Trinajstić information content (AvgIpc) is 2.48. The fraction of sp³-hybridized carbons (Fsp3) is 0.0667. The number of benzene rings is 2. The van der Waals surface area contributed by atoms with Gasteiger partial charge in [-0.05, 0) is 36.4 Å². The van der Waals surface area contributed by atoms with Crippen molar-refractivity contribution in [3.05, 3.63) is 63.6 Å². The van der Waals surface area contributed by atoms with Crippen molar-refractivity contribution in [2.24, 2.45) is 5.73 Å². The minimum absolute atomic E-state index is 0.245. The van der Waals surface area contributed by atoms with Crippen LogP contribution < -0.4 is 10.6 Å². The summed E-state index contributed by atoms with van der Waals surface area (Å²) in [7, 11) is 1.66. The van der Waals surface area contributed by atoms with Crippen molar-refractivity contribution < 1.29 is 4.79 Å². The molecule has 0 radical (unpaired) electrons. The predicted octanol–water partition coefficient (Wildman–Crippen LogP) is 3.90. The first kappa shape index (κ1) is 15.8. The molecule has 0 aromatic heterocycles. The minimum atomic E-state index is -0.245. The van der Waals surface area contributed by atoms with E-state index < -0.39 is 0 Å². The minimum Gasteiger partial charge on any atom is -0.389 e. The first-order chi connectivity index (χ1) is 9.91. The van der Waals surface area contributed by atoms with Crippen LogP contribution in [0.1, 0.15) is 15.9 Å². The van der Waals surface area contributed by atoms with Gasteiger partial charge in [-0.25, -0.2) is 0 Å². The molecule has 0 aliphatic heterocycles. The summed E-state index contributed by atoms with van der Waals surface area (Å²) in [5.41, 5.74) is 7.35. The SMILES string of the molecule is CN(C(=O)c1cccc(Cl)c1Cl)c1ccc(C(N)=S)cc1.